The number of ether oxygens (including phenoxy) is 1. The molecule has 35 heavy (non-hydrogen) atoms. The number of pyridine rings is 1. The highest BCUT2D eigenvalue weighted by atomic mass is 32.2. The van der Waals surface area contributed by atoms with Crippen molar-refractivity contribution in [2.24, 2.45) is 0 Å². The molecule has 2 aliphatic rings. The van der Waals surface area contributed by atoms with Crippen molar-refractivity contribution in [1.82, 2.24) is 10.3 Å². The van der Waals surface area contributed by atoms with Crippen LogP contribution in [-0.4, -0.2) is 57.5 Å². The van der Waals surface area contributed by atoms with E-state index in [0.29, 0.717) is 29.7 Å². The average molecular weight is 498 g/mol. The summed E-state index contributed by atoms with van der Waals surface area (Å²) in [4.78, 5) is 49.1. The van der Waals surface area contributed by atoms with Gasteiger partial charge in [0.15, 0.2) is 0 Å². The first-order valence-electron chi connectivity index (χ1n) is 10.6. The zero-order chi connectivity index (χ0) is 25.2. The number of aromatic nitrogens is 1. The van der Waals surface area contributed by atoms with E-state index in [0.717, 1.165) is 48.3 Å². The summed E-state index contributed by atoms with van der Waals surface area (Å²) in [5, 5.41) is 17.5. The van der Waals surface area contributed by atoms with E-state index in [1.165, 1.54) is 0 Å². The van der Waals surface area contributed by atoms with Crippen LogP contribution in [-0.2, 0) is 14.4 Å². The summed E-state index contributed by atoms with van der Waals surface area (Å²) in [6.45, 7) is 1.60. The van der Waals surface area contributed by atoms with Gasteiger partial charge >= 0.3 is 11.9 Å². The lowest BCUT2D eigenvalue weighted by Gasteiger charge is -2.25. The molecule has 0 unspecified atom stereocenters. The van der Waals surface area contributed by atoms with Crippen LogP contribution in [0.25, 0.3) is 6.08 Å². The Morgan fingerprint density at radius 1 is 1.11 bits per heavy atom. The van der Waals surface area contributed by atoms with Gasteiger partial charge in [0.05, 0.1) is 10.9 Å². The SMILES string of the molecule is O=C(O)/C=C\C(=O)O.O=C1NC(=O)/C(=C/c2ccc(OC[C@@H]3CCCN3c3ccccn3)cc2)S1. The van der Waals surface area contributed by atoms with E-state index < -0.39 is 11.9 Å². The van der Waals surface area contributed by atoms with Crippen LogP contribution in [0.1, 0.15) is 18.4 Å². The van der Waals surface area contributed by atoms with E-state index in [1.807, 2.05) is 48.7 Å². The Bertz CT molecular complexity index is 1120. The predicted octanol–water partition coefficient (Wildman–Crippen LogP) is 3.17. The molecule has 3 heterocycles. The average Bonchev–Trinajstić information content (AvgIpc) is 3.43. The van der Waals surface area contributed by atoms with E-state index >= 15 is 0 Å². The van der Waals surface area contributed by atoms with E-state index in [4.69, 9.17) is 14.9 Å². The van der Waals surface area contributed by atoms with Gasteiger partial charge in [-0.15, -0.1) is 0 Å². The normalized spacial score (nSPS) is 18.3. The van der Waals surface area contributed by atoms with Gasteiger partial charge < -0.3 is 19.8 Å². The maximum absolute atomic E-state index is 11.6. The summed E-state index contributed by atoms with van der Waals surface area (Å²) < 4.78 is 5.98. The third-order valence-corrected chi connectivity index (χ3v) is 5.76. The Labute approximate surface area is 205 Å². The number of imide groups is 1. The molecule has 4 rings (SSSR count). The lowest BCUT2D eigenvalue weighted by molar-refractivity contribution is -0.134. The molecule has 0 radical (unpaired) electrons. The van der Waals surface area contributed by atoms with Gasteiger partial charge in [0, 0.05) is 24.9 Å². The molecule has 2 saturated heterocycles. The summed E-state index contributed by atoms with van der Waals surface area (Å²) in [6.07, 6.45) is 6.85. The van der Waals surface area contributed by atoms with Crippen LogP contribution < -0.4 is 15.0 Å². The molecule has 2 amide bonds. The first-order chi connectivity index (χ1) is 16.8. The monoisotopic (exact) mass is 497 g/mol. The van der Waals surface area contributed by atoms with Crippen LogP contribution in [0, 0.1) is 0 Å². The van der Waals surface area contributed by atoms with Crippen LogP contribution in [0.15, 0.2) is 65.7 Å². The van der Waals surface area contributed by atoms with Crippen molar-refractivity contribution in [3.05, 3.63) is 71.3 Å². The van der Waals surface area contributed by atoms with Gasteiger partial charge in [0.1, 0.15) is 18.2 Å². The second-order valence-electron chi connectivity index (χ2n) is 7.42. The maximum atomic E-state index is 11.6. The van der Waals surface area contributed by atoms with Gasteiger partial charge in [-0.1, -0.05) is 18.2 Å². The third-order valence-electron chi connectivity index (χ3n) is 4.95. The van der Waals surface area contributed by atoms with Crippen LogP contribution in [0.5, 0.6) is 5.75 Å². The number of hydrogen-bond donors (Lipinski definition) is 3. The molecular weight excluding hydrogens is 474 g/mol. The van der Waals surface area contributed by atoms with Crippen molar-refractivity contribution in [3.8, 4) is 5.75 Å². The largest absolute Gasteiger partial charge is 0.491 e. The smallest absolute Gasteiger partial charge is 0.328 e. The zero-order valence-corrected chi connectivity index (χ0v) is 19.3. The molecule has 0 spiro atoms. The van der Waals surface area contributed by atoms with Gasteiger partial charge in [-0.3, -0.25) is 14.9 Å². The minimum atomic E-state index is -1.26. The highest BCUT2D eigenvalue weighted by Gasteiger charge is 2.26. The van der Waals surface area contributed by atoms with Crippen LogP contribution in [0.3, 0.4) is 0 Å². The number of nitrogens with zero attached hydrogens (tertiary/aromatic N) is 2. The Kier molecular flexibility index (Phi) is 9.02. The number of amides is 2. The van der Waals surface area contributed by atoms with Gasteiger partial charge in [0.2, 0.25) is 0 Å². The highest BCUT2D eigenvalue weighted by molar-refractivity contribution is 8.18. The molecule has 11 heteroatoms. The fraction of sp³-hybridized carbons (Fsp3) is 0.208. The number of benzene rings is 1. The Morgan fingerprint density at radius 3 is 2.40 bits per heavy atom. The summed E-state index contributed by atoms with van der Waals surface area (Å²) in [6, 6.07) is 13.8. The Balaban J connectivity index is 0.000000371. The molecule has 1 atom stereocenters. The van der Waals surface area contributed by atoms with Crippen molar-refractivity contribution in [2.75, 3.05) is 18.1 Å². The lowest BCUT2D eigenvalue weighted by Crippen LogP contribution is -2.34. The van der Waals surface area contributed by atoms with Gasteiger partial charge in [-0.25, -0.2) is 14.6 Å². The molecule has 0 saturated carbocycles. The molecule has 2 aromatic rings. The number of carboxylic acids is 2. The molecule has 1 aromatic carbocycles. The highest BCUT2D eigenvalue weighted by Crippen LogP contribution is 2.27. The number of carbonyl (C=O) groups excluding carboxylic acids is 2. The number of anilines is 1. The van der Waals surface area contributed by atoms with Gasteiger partial charge in [0.25, 0.3) is 11.1 Å². The summed E-state index contributed by atoms with van der Waals surface area (Å²) in [7, 11) is 0. The molecule has 182 valence electrons. The van der Waals surface area contributed by atoms with Crippen molar-refractivity contribution >= 4 is 46.7 Å². The topological polar surface area (TPSA) is 146 Å². The van der Waals surface area contributed by atoms with Crippen LogP contribution in [0.2, 0.25) is 0 Å². The van der Waals surface area contributed by atoms with E-state index in [9.17, 15) is 19.2 Å². The zero-order valence-electron chi connectivity index (χ0n) is 18.5. The van der Waals surface area contributed by atoms with Gasteiger partial charge in [-0.2, -0.15) is 0 Å². The molecule has 0 aliphatic carbocycles. The predicted molar refractivity (Wildman–Crippen MR) is 130 cm³/mol. The molecule has 0 bridgehead atoms. The first-order valence-corrected chi connectivity index (χ1v) is 11.4. The quantitative estimate of drug-likeness (QED) is 0.488. The van der Waals surface area contributed by atoms with Crippen LogP contribution in [0.4, 0.5) is 10.6 Å². The number of nitrogens with one attached hydrogen (secondary N) is 1. The van der Waals surface area contributed by atoms with Gasteiger partial charge in [-0.05, 0) is 60.5 Å². The summed E-state index contributed by atoms with van der Waals surface area (Å²) in [5.74, 6) is -1.09. The number of hydrogen-bond acceptors (Lipinski definition) is 8. The lowest BCUT2D eigenvalue weighted by atomic mass is 10.2. The van der Waals surface area contributed by atoms with Crippen molar-refractivity contribution in [1.29, 1.82) is 0 Å². The third kappa shape index (κ3) is 8.00. The standard InChI is InChI=1S/C20H19N3O3S.C4H4O4/c24-19-17(27-20(25)22-19)12-14-6-8-16(9-7-14)26-13-15-4-3-11-23(15)18-5-1-2-10-21-18;5-3(6)1-2-4(7)8/h1-2,5-10,12,15H,3-4,11,13H2,(H,22,24,25);1-2H,(H,5,6)(H,7,8)/b17-12-;2-1-/t15-;/m0./s1. The fourth-order valence-corrected chi connectivity index (χ4v) is 4.08. The second-order valence-corrected chi connectivity index (χ2v) is 8.43. The molecule has 2 aliphatic heterocycles. The second kappa shape index (κ2) is 12.4. The van der Waals surface area contributed by atoms with Crippen LogP contribution >= 0.6 is 11.8 Å². The summed E-state index contributed by atoms with van der Waals surface area (Å²) >= 11 is 0.917. The Morgan fingerprint density at radius 2 is 1.83 bits per heavy atom. The maximum Gasteiger partial charge on any atom is 0.328 e. The molecule has 2 fully saturated rings. The molecule has 3 N–H and O–H groups in total. The van der Waals surface area contributed by atoms with Crippen molar-refractivity contribution in [3.63, 3.8) is 0 Å². The molecular formula is C24H23N3O7S. The number of carboxylic acid groups (broad SMARTS) is 2. The van der Waals surface area contributed by atoms with E-state index in [2.05, 4.69) is 15.2 Å². The number of rotatable bonds is 7. The fourth-order valence-electron chi connectivity index (χ4n) is 3.40. The van der Waals surface area contributed by atoms with Crippen molar-refractivity contribution < 1.29 is 34.1 Å². The minimum Gasteiger partial charge on any atom is -0.491 e. The number of thioether (sulfide) groups is 1. The molecule has 1 aromatic heterocycles. The van der Waals surface area contributed by atoms with E-state index in [-0.39, 0.29) is 11.1 Å². The first kappa shape index (κ1) is 25.5. The van der Waals surface area contributed by atoms with Crippen molar-refractivity contribution in [2.45, 2.75) is 18.9 Å². The summed E-state index contributed by atoms with van der Waals surface area (Å²) in [5.41, 5.74) is 0.852. The Hall–Kier alpha value is -4.12. The van der Waals surface area contributed by atoms with E-state index in [1.54, 1.807) is 6.08 Å². The number of carbonyl (C=O) groups is 4. The minimum absolute atomic E-state index is 0.311. The number of aliphatic carboxylic acids is 2. The molecule has 10 nitrogen and oxygen atoms in total.